The van der Waals surface area contributed by atoms with Gasteiger partial charge in [0.2, 0.25) is 0 Å². The third-order valence-corrected chi connectivity index (χ3v) is 1.86. The van der Waals surface area contributed by atoms with Crippen molar-refractivity contribution in [2.45, 2.75) is 6.18 Å². The lowest BCUT2D eigenvalue weighted by molar-refractivity contribution is -0.137. The van der Waals surface area contributed by atoms with Crippen molar-refractivity contribution < 1.29 is 23.1 Å². The first-order chi connectivity index (χ1) is 6.82. The van der Waals surface area contributed by atoms with E-state index in [-0.39, 0.29) is 5.69 Å². The summed E-state index contributed by atoms with van der Waals surface area (Å²) in [4.78, 5) is 11.1. The highest BCUT2D eigenvalue weighted by Gasteiger charge is 2.30. The molecule has 0 spiro atoms. The molecule has 1 amide bonds. The van der Waals surface area contributed by atoms with Crippen molar-refractivity contribution in [2.24, 2.45) is 0 Å². The highest BCUT2D eigenvalue weighted by molar-refractivity contribution is 5.84. The Morgan fingerprint density at radius 2 is 1.67 bits per heavy atom. The number of halogens is 3. The molecule has 0 aliphatic heterocycles. The summed E-state index contributed by atoms with van der Waals surface area (Å²) in [5.41, 5.74) is -0.694. The van der Waals surface area contributed by atoms with Gasteiger partial charge in [0.25, 0.3) is 0 Å². The fourth-order valence-corrected chi connectivity index (χ4v) is 0.979. The molecule has 0 unspecified atom stereocenters. The molecule has 1 aromatic rings. The zero-order valence-electron chi connectivity index (χ0n) is 7.71. The van der Waals surface area contributed by atoms with Crippen LogP contribution in [0.25, 0.3) is 0 Å². The SMILES string of the molecule is CN(C([O])=O)c1ccc(C(F)(F)F)cc1. The fraction of sp³-hybridized carbons (Fsp3) is 0.222. The Morgan fingerprint density at radius 1 is 1.20 bits per heavy atom. The van der Waals surface area contributed by atoms with Crippen LogP contribution in [0.5, 0.6) is 0 Å². The molecular weight excluding hydrogens is 211 g/mol. The molecule has 1 radical (unpaired) electrons. The molecule has 0 aromatic heterocycles. The Kier molecular flexibility index (Phi) is 2.88. The monoisotopic (exact) mass is 218 g/mol. The number of benzene rings is 1. The van der Waals surface area contributed by atoms with Crippen LogP contribution >= 0.6 is 0 Å². The van der Waals surface area contributed by atoms with Gasteiger partial charge in [-0.3, -0.25) is 4.90 Å². The van der Waals surface area contributed by atoms with Crippen LogP contribution in [0, 0.1) is 0 Å². The van der Waals surface area contributed by atoms with Gasteiger partial charge >= 0.3 is 12.3 Å². The third-order valence-electron chi connectivity index (χ3n) is 1.86. The molecule has 0 saturated heterocycles. The second kappa shape index (κ2) is 3.80. The van der Waals surface area contributed by atoms with E-state index in [1.54, 1.807) is 0 Å². The minimum Gasteiger partial charge on any atom is -0.278 e. The average Bonchev–Trinajstić information content (AvgIpc) is 2.15. The topological polar surface area (TPSA) is 40.2 Å². The quantitative estimate of drug-likeness (QED) is 0.714. The van der Waals surface area contributed by atoms with E-state index >= 15 is 0 Å². The van der Waals surface area contributed by atoms with Crippen molar-refractivity contribution in [1.29, 1.82) is 0 Å². The second-order valence-electron chi connectivity index (χ2n) is 2.87. The van der Waals surface area contributed by atoms with Crippen LogP contribution in [0.3, 0.4) is 0 Å². The standard InChI is InChI=1S/C9H7F3NO2/c1-13(8(14)15)7-4-2-6(3-5-7)9(10,11)12/h2-5H,1H3. The van der Waals surface area contributed by atoms with Gasteiger partial charge in [-0.25, -0.2) is 9.90 Å². The molecule has 0 aliphatic rings. The van der Waals surface area contributed by atoms with Gasteiger partial charge in [0, 0.05) is 12.7 Å². The molecule has 0 atom stereocenters. The van der Waals surface area contributed by atoms with Gasteiger partial charge in [0.1, 0.15) is 0 Å². The number of nitrogens with zero attached hydrogens (tertiary/aromatic N) is 1. The van der Waals surface area contributed by atoms with Crippen LogP contribution in [0.1, 0.15) is 5.56 Å². The Balaban J connectivity index is 2.95. The normalized spacial score (nSPS) is 11.2. The van der Waals surface area contributed by atoms with Gasteiger partial charge in [-0.15, -0.1) is 0 Å². The van der Waals surface area contributed by atoms with E-state index < -0.39 is 17.8 Å². The van der Waals surface area contributed by atoms with E-state index in [0.717, 1.165) is 29.2 Å². The van der Waals surface area contributed by atoms with Crippen molar-refractivity contribution in [3.63, 3.8) is 0 Å². The highest BCUT2D eigenvalue weighted by Crippen LogP contribution is 2.30. The summed E-state index contributed by atoms with van der Waals surface area (Å²) in [7, 11) is 1.19. The van der Waals surface area contributed by atoms with Gasteiger partial charge in [0.05, 0.1) is 5.56 Å². The number of alkyl halides is 3. The summed E-state index contributed by atoms with van der Waals surface area (Å²) in [6, 6.07) is 3.76. The molecular formula is C9H7F3NO2. The van der Waals surface area contributed by atoms with E-state index in [2.05, 4.69) is 0 Å². The summed E-state index contributed by atoms with van der Waals surface area (Å²) >= 11 is 0. The first kappa shape index (κ1) is 11.4. The Labute approximate surface area is 83.7 Å². The van der Waals surface area contributed by atoms with Crippen molar-refractivity contribution in [1.82, 2.24) is 0 Å². The molecule has 15 heavy (non-hydrogen) atoms. The minimum absolute atomic E-state index is 0.128. The molecule has 0 N–H and O–H groups in total. The lowest BCUT2D eigenvalue weighted by Gasteiger charge is -2.12. The van der Waals surface area contributed by atoms with Crippen LogP contribution in [0.15, 0.2) is 24.3 Å². The van der Waals surface area contributed by atoms with Crippen molar-refractivity contribution in [3.8, 4) is 0 Å². The van der Waals surface area contributed by atoms with Crippen molar-refractivity contribution in [2.75, 3.05) is 11.9 Å². The van der Waals surface area contributed by atoms with Crippen LogP contribution < -0.4 is 4.90 Å². The van der Waals surface area contributed by atoms with E-state index in [9.17, 15) is 23.1 Å². The lowest BCUT2D eigenvalue weighted by Crippen LogP contribution is -2.22. The predicted octanol–water partition coefficient (Wildman–Crippen LogP) is 2.69. The molecule has 0 aliphatic carbocycles. The van der Waals surface area contributed by atoms with E-state index in [4.69, 9.17) is 0 Å². The van der Waals surface area contributed by atoms with Gasteiger partial charge in [0.15, 0.2) is 0 Å². The fourth-order valence-electron chi connectivity index (χ4n) is 0.979. The first-order valence-electron chi connectivity index (χ1n) is 3.94. The summed E-state index contributed by atoms with van der Waals surface area (Å²) in [5.74, 6) is 0. The molecule has 3 nitrogen and oxygen atoms in total. The largest absolute Gasteiger partial charge is 0.457 e. The number of rotatable bonds is 1. The summed E-state index contributed by atoms with van der Waals surface area (Å²) in [6.07, 6.45) is -5.90. The Hall–Kier alpha value is -1.72. The Bertz CT molecular complexity index is 359. The molecule has 6 heteroatoms. The zero-order chi connectivity index (χ0) is 11.6. The van der Waals surface area contributed by atoms with Gasteiger partial charge in [-0.1, -0.05) is 0 Å². The van der Waals surface area contributed by atoms with Crippen molar-refractivity contribution in [3.05, 3.63) is 29.8 Å². The number of carbonyl (C=O) groups excluding carboxylic acids is 1. The molecule has 1 aromatic carbocycles. The molecule has 81 valence electrons. The van der Waals surface area contributed by atoms with E-state index in [1.165, 1.54) is 7.05 Å². The van der Waals surface area contributed by atoms with Gasteiger partial charge in [-0.2, -0.15) is 13.2 Å². The Morgan fingerprint density at radius 3 is 2.00 bits per heavy atom. The van der Waals surface area contributed by atoms with E-state index in [1.807, 2.05) is 0 Å². The smallest absolute Gasteiger partial charge is 0.278 e. The second-order valence-corrected chi connectivity index (χ2v) is 2.87. The number of carbonyl (C=O) groups is 1. The molecule has 0 heterocycles. The zero-order valence-corrected chi connectivity index (χ0v) is 7.71. The van der Waals surface area contributed by atoms with E-state index in [0.29, 0.717) is 0 Å². The van der Waals surface area contributed by atoms with Crippen LogP contribution in [0.2, 0.25) is 0 Å². The van der Waals surface area contributed by atoms with Gasteiger partial charge in [-0.05, 0) is 24.3 Å². The number of hydrogen-bond acceptors (Lipinski definition) is 1. The summed E-state index contributed by atoms with van der Waals surface area (Å²) < 4.78 is 36.4. The maximum atomic E-state index is 12.1. The number of anilines is 1. The molecule has 0 fully saturated rings. The molecule has 1 rings (SSSR count). The highest BCUT2D eigenvalue weighted by atomic mass is 19.4. The predicted molar refractivity (Wildman–Crippen MR) is 45.9 cm³/mol. The van der Waals surface area contributed by atoms with Gasteiger partial charge < -0.3 is 0 Å². The summed E-state index contributed by atoms with van der Waals surface area (Å²) in [5, 5.41) is 10.4. The maximum Gasteiger partial charge on any atom is 0.457 e. The van der Waals surface area contributed by atoms with Crippen LogP contribution in [0.4, 0.5) is 23.7 Å². The third kappa shape index (κ3) is 2.61. The molecule has 0 bridgehead atoms. The number of amides is 1. The lowest BCUT2D eigenvalue weighted by atomic mass is 10.2. The average molecular weight is 218 g/mol. The molecule has 0 saturated carbocycles. The minimum atomic E-state index is -4.42. The van der Waals surface area contributed by atoms with Crippen LogP contribution in [-0.2, 0) is 11.3 Å². The first-order valence-corrected chi connectivity index (χ1v) is 3.94. The van der Waals surface area contributed by atoms with Crippen LogP contribution in [-0.4, -0.2) is 13.1 Å². The number of hydrogen-bond donors (Lipinski definition) is 0. The maximum absolute atomic E-state index is 12.1. The van der Waals surface area contributed by atoms with Crippen molar-refractivity contribution >= 4 is 11.8 Å². The summed E-state index contributed by atoms with van der Waals surface area (Å²) in [6.45, 7) is 0.